The minimum Gasteiger partial charge on any atom is -0.390 e. The third-order valence-corrected chi connectivity index (χ3v) is 13.6. The van der Waals surface area contributed by atoms with E-state index in [1.807, 2.05) is 42.9 Å². The van der Waals surface area contributed by atoms with Gasteiger partial charge in [0, 0.05) is 39.7 Å². The molecule has 54 heavy (non-hydrogen) atoms. The Morgan fingerprint density at radius 3 is 2.17 bits per heavy atom. The van der Waals surface area contributed by atoms with Crippen molar-refractivity contribution < 1.29 is 33.7 Å². The highest BCUT2D eigenvalue weighted by Crippen LogP contribution is 2.71. The Labute approximate surface area is 319 Å². The molecule has 0 spiro atoms. The summed E-state index contributed by atoms with van der Waals surface area (Å²) in [6.45, 7) is 3.96. The van der Waals surface area contributed by atoms with Crippen LogP contribution >= 0.6 is 11.6 Å². The van der Waals surface area contributed by atoms with Crippen LogP contribution in [-0.2, 0) is 15.1 Å². The molecule has 1 heterocycles. The number of nitrogens with zero attached hydrogens (tertiary/aromatic N) is 2. The van der Waals surface area contributed by atoms with E-state index in [0.29, 0.717) is 0 Å². The highest BCUT2D eigenvalue weighted by molar-refractivity contribution is 6.31. The van der Waals surface area contributed by atoms with Crippen molar-refractivity contribution in [3.63, 3.8) is 0 Å². The first-order chi connectivity index (χ1) is 25.7. The summed E-state index contributed by atoms with van der Waals surface area (Å²) in [7, 11) is 0. The van der Waals surface area contributed by atoms with Crippen molar-refractivity contribution in [1.29, 1.82) is 0 Å². The number of carbonyl (C=O) groups excluding carboxylic acids is 2. The van der Waals surface area contributed by atoms with Crippen molar-refractivity contribution in [3.8, 4) is 0 Å². The maximum atomic E-state index is 16.9. The summed E-state index contributed by atoms with van der Waals surface area (Å²) in [5.74, 6) is -3.24. The van der Waals surface area contributed by atoms with E-state index in [9.17, 15) is 24.9 Å². The van der Waals surface area contributed by atoms with Gasteiger partial charge in [0.2, 0.25) is 0 Å². The van der Waals surface area contributed by atoms with Gasteiger partial charge in [0.1, 0.15) is 23.9 Å². The number of aromatic nitrogens is 2. The Hall–Kier alpha value is -4.28. The zero-order valence-electron chi connectivity index (χ0n) is 30.4. The fraction of sp³-hybridized carbons (Fsp3) is 0.386. The number of carbonyl (C=O) groups is 2. The van der Waals surface area contributed by atoms with Crippen molar-refractivity contribution in [2.45, 2.75) is 69.1 Å². The SMILES string of the molecule is C[C@H]1C[C@H]2[C@@H]3C[C@H](F)C4=CC(=O)C=C[C@]4(C)[C@@]3(F)[C@@H](O)C[C@]2(C)[C@@]1(O)C(=O)CO.Clc1ccccc1C(c1ccccc1)(c1ccccc1)n1ccnc1. The zero-order valence-corrected chi connectivity index (χ0v) is 31.2. The van der Waals surface area contributed by atoms with Gasteiger partial charge in [-0.05, 0) is 72.9 Å². The first-order valence-electron chi connectivity index (χ1n) is 18.4. The van der Waals surface area contributed by atoms with Crippen LogP contribution in [0.3, 0.4) is 0 Å². The van der Waals surface area contributed by atoms with E-state index in [1.165, 1.54) is 19.1 Å². The fourth-order valence-corrected chi connectivity index (χ4v) is 11.0. The van der Waals surface area contributed by atoms with E-state index >= 15 is 8.78 Å². The molecular formula is C44H45ClF2N2O5. The van der Waals surface area contributed by atoms with Crippen LogP contribution in [0.4, 0.5) is 8.78 Å². The molecule has 3 N–H and O–H groups in total. The van der Waals surface area contributed by atoms with Crippen molar-refractivity contribution in [3.05, 3.63) is 149 Å². The monoisotopic (exact) mass is 754 g/mol. The molecule has 0 bridgehead atoms. The number of rotatable bonds is 6. The molecule has 0 amide bonds. The molecule has 9 atom stereocenters. The fourth-order valence-electron chi connectivity index (χ4n) is 10.7. The number of hydrogen-bond acceptors (Lipinski definition) is 6. The molecule has 4 aliphatic rings. The zero-order chi connectivity index (χ0) is 38.7. The van der Waals surface area contributed by atoms with Crippen molar-refractivity contribution in [2.75, 3.05) is 6.61 Å². The molecule has 4 aliphatic carbocycles. The van der Waals surface area contributed by atoms with E-state index in [0.717, 1.165) is 27.8 Å². The molecule has 0 saturated heterocycles. The van der Waals surface area contributed by atoms with Gasteiger partial charge in [-0.3, -0.25) is 9.59 Å². The van der Waals surface area contributed by atoms with Gasteiger partial charge in [-0.15, -0.1) is 0 Å². The Kier molecular flexibility index (Phi) is 9.70. The lowest BCUT2D eigenvalue weighted by atomic mass is 9.44. The molecule has 7 nitrogen and oxygen atoms in total. The minimum absolute atomic E-state index is 0.0409. The van der Waals surface area contributed by atoms with Gasteiger partial charge in [-0.2, -0.15) is 0 Å². The summed E-state index contributed by atoms with van der Waals surface area (Å²) < 4.78 is 34.2. The third kappa shape index (κ3) is 5.26. The summed E-state index contributed by atoms with van der Waals surface area (Å²) in [6.07, 6.45) is 6.07. The maximum absolute atomic E-state index is 16.9. The smallest absolute Gasteiger partial charge is 0.190 e. The average molecular weight is 755 g/mol. The first kappa shape index (κ1) is 38.0. The second-order valence-electron chi connectivity index (χ2n) is 15.7. The second kappa shape index (κ2) is 13.8. The Bertz CT molecular complexity index is 2050. The highest BCUT2D eigenvalue weighted by atomic mass is 35.5. The molecule has 3 saturated carbocycles. The summed E-state index contributed by atoms with van der Waals surface area (Å²) in [6, 6.07) is 28.8. The molecule has 3 aromatic carbocycles. The number of fused-ring (bicyclic) bond motifs is 5. The Morgan fingerprint density at radius 2 is 1.59 bits per heavy atom. The summed E-state index contributed by atoms with van der Waals surface area (Å²) in [4.78, 5) is 28.7. The van der Waals surface area contributed by atoms with E-state index < -0.39 is 75.8 Å². The number of aliphatic hydroxyl groups excluding tert-OH is 2. The number of hydrogen-bond donors (Lipinski definition) is 3. The summed E-state index contributed by atoms with van der Waals surface area (Å²) in [5.41, 5.74) is -4.11. The van der Waals surface area contributed by atoms with Gasteiger partial charge in [-0.1, -0.05) is 110 Å². The van der Waals surface area contributed by atoms with Crippen LogP contribution in [0.15, 0.2) is 127 Å². The minimum atomic E-state index is -2.24. The Morgan fingerprint density at radius 1 is 0.981 bits per heavy atom. The highest BCUT2D eigenvalue weighted by Gasteiger charge is 2.76. The van der Waals surface area contributed by atoms with Gasteiger partial charge in [-0.25, -0.2) is 13.8 Å². The molecule has 282 valence electrons. The van der Waals surface area contributed by atoms with Crippen molar-refractivity contribution in [1.82, 2.24) is 9.55 Å². The second-order valence-corrected chi connectivity index (χ2v) is 16.1. The largest absolute Gasteiger partial charge is 0.390 e. The van der Waals surface area contributed by atoms with Gasteiger partial charge in [0.25, 0.3) is 0 Å². The quantitative estimate of drug-likeness (QED) is 0.179. The predicted molar refractivity (Wildman–Crippen MR) is 202 cm³/mol. The molecule has 0 radical (unpaired) electrons. The lowest BCUT2D eigenvalue weighted by Gasteiger charge is -2.63. The lowest BCUT2D eigenvalue weighted by molar-refractivity contribution is -0.223. The van der Waals surface area contributed by atoms with Crippen LogP contribution in [0, 0.1) is 28.6 Å². The predicted octanol–water partition coefficient (Wildman–Crippen LogP) is 7.22. The lowest BCUT2D eigenvalue weighted by Crippen LogP contribution is -2.70. The number of aliphatic hydroxyl groups is 3. The molecule has 0 aliphatic heterocycles. The van der Waals surface area contributed by atoms with Gasteiger partial charge < -0.3 is 19.9 Å². The molecule has 8 rings (SSSR count). The molecule has 1 aromatic heterocycles. The third-order valence-electron chi connectivity index (χ3n) is 13.3. The number of halogens is 3. The van der Waals surface area contributed by atoms with Crippen LogP contribution in [0.2, 0.25) is 5.02 Å². The first-order valence-corrected chi connectivity index (χ1v) is 18.8. The number of Topliss-reactive ketones (excluding diaryl/α,β-unsaturated/α-hetero) is 1. The number of allylic oxidation sites excluding steroid dienone is 4. The number of benzene rings is 3. The number of alkyl halides is 2. The van der Waals surface area contributed by atoms with Crippen LogP contribution in [-0.4, -0.2) is 66.6 Å². The molecule has 3 fully saturated rings. The summed E-state index contributed by atoms with van der Waals surface area (Å²) >= 11 is 6.69. The standard InChI is InChI=1S/C22H17ClN2.C22H28F2O5/c23-21-14-8-7-13-20(21)22(25-16-15-24-17-25,18-9-3-1-4-10-18)19-11-5-2-6-12-19;1-11-6-13-14-8-16(23)15-7-12(26)4-5-19(15,2)21(14,24)17(27)9-20(13,3)22(11,29)18(28)10-25/h1-17H;4-5,7,11,13-14,16-17,25,27,29H,6,8-10H2,1-3H3/t;11-,13-,14-,16-,17-,19-,20-,21-,22-/m.0/s1. The molecule has 10 heteroatoms. The molecular weight excluding hydrogens is 710 g/mol. The Balaban J connectivity index is 0.000000168. The average Bonchev–Trinajstić information content (AvgIpc) is 3.78. The summed E-state index contributed by atoms with van der Waals surface area (Å²) in [5, 5.41) is 32.6. The normalized spacial score (nSPS) is 34.1. The van der Waals surface area contributed by atoms with Gasteiger partial charge >= 0.3 is 0 Å². The molecule has 0 unspecified atom stereocenters. The number of ketones is 2. The van der Waals surface area contributed by atoms with E-state index in [2.05, 4.69) is 64.1 Å². The van der Waals surface area contributed by atoms with Gasteiger partial charge in [0.15, 0.2) is 17.2 Å². The van der Waals surface area contributed by atoms with Crippen LogP contribution < -0.4 is 0 Å². The van der Waals surface area contributed by atoms with E-state index in [4.69, 9.17) is 11.6 Å². The van der Waals surface area contributed by atoms with Gasteiger partial charge in [0.05, 0.1) is 12.4 Å². The van der Waals surface area contributed by atoms with Crippen molar-refractivity contribution >= 4 is 23.2 Å². The van der Waals surface area contributed by atoms with Crippen LogP contribution in [0.25, 0.3) is 0 Å². The molecule has 4 aromatic rings. The maximum Gasteiger partial charge on any atom is 0.190 e. The van der Waals surface area contributed by atoms with Crippen LogP contribution in [0.5, 0.6) is 0 Å². The van der Waals surface area contributed by atoms with Crippen LogP contribution in [0.1, 0.15) is 56.7 Å². The van der Waals surface area contributed by atoms with Crippen molar-refractivity contribution in [2.24, 2.45) is 28.6 Å². The number of imidazole rings is 1. The van der Waals surface area contributed by atoms with E-state index in [-0.39, 0.29) is 24.8 Å². The van der Waals surface area contributed by atoms with E-state index in [1.54, 1.807) is 20.0 Å². The topological polar surface area (TPSA) is 113 Å².